The zero-order chi connectivity index (χ0) is 15.4. The molecule has 0 spiro atoms. The van der Waals surface area contributed by atoms with Crippen molar-refractivity contribution in [1.82, 2.24) is 4.98 Å². The van der Waals surface area contributed by atoms with Crippen molar-refractivity contribution >= 4 is 38.6 Å². The Kier molecular flexibility index (Phi) is 4.60. The van der Waals surface area contributed by atoms with E-state index in [0.717, 1.165) is 21.3 Å². The van der Waals surface area contributed by atoms with E-state index in [0.29, 0.717) is 5.13 Å². The van der Waals surface area contributed by atoms with Crippen LogP contribution in [0.3, 0.4) is 0 Å². The van der Waals surface area contributed by atoms with Crippen molar-refractivity contribution in [2.24, 2.45) is 5.10 Å². The molecule has 0 saturated heterocycles. The molecule has 0 radical (unpaired) electrons. The number of benzene rings is 2. The molecule has 0 bridgehead atoms. The third-order valence-corrected chi connectivity index (χ3v) is 4.16. The van der Waals surface area contributed by atoms with Crippen LogP contribution in [0, 0.1) is 5.82 Å². The molecule has 1 N–H and O–H groups in total. The van der Waals surface area contributed by atoms with Crippen molar-refractivity contribution in [3.05, 3.63) is 69.8 Å². The first-order valence-corrected chi connectivity index (χ1v) is 8.14. The number of hydrogen-bond acceptors (Lipinski definition) is 4. The number of nitrogens with one attached hydrogen (secondary N) is 1. The second-order valence-corrected chi connectivity index (χ2v) is 6.24. The molecule has 0 aliphatic rings. The van der Waals surface area contributed by atoms with Crippen LogP contribution in [0.4, 0.5) is 9.52 Å². The molecule has 22 heavy (non-hydrogen) atoms. The summed E-state index contributed by atoms with van der Waals surface area (Å²) >= 11 is 4.89. The first-order valence-electron chi connectivity index (χ1n) is 6.47. The van der Waals surface area contributed by atoms with Crippen LogP contribution in [0.1, 0.15) is 5.56 Å². The van der Waals surface area contributed by atoms with Crippen molar-refractivity contribution < 1.29 is 4.39 Å². The van der Waals surface area contributed by atoms with E-state index in [1.54, 1.807) is 18.3 Å². The highest BCUT2D eigenvalue weighted by molar-refractivity contribution is 9.10. The minimum Gasteiger partial charge on any atom is -0.253 e. The zero-order valence-corrected chi connectivity index (χ0v) is 13.7. The summed E-state index contributed by atoms with van der Waals surface area (Å²) in [5.41, 5.74) is 5.65. The molecule has 0 aliphatic heterocycles. The van der Waals surface area contributed by atoms with Gasteiger partial charge in [0, 0.05) is 15.4 Å². The third kappa shape index (κ3) is 3.78. The van der Waals surface area contributed by atoms with Crippen LogP contribution in [-0.2, 0) is 0 Å². The van der Waals surface area contributed by atoms with Gasteiger partial charge in [-0.15, -0.1) is 11.3 Å². The van der Waals surface area contributed by atoms with E-state index in [1.165, 1.54) is 23.5 Å². The van der Waals surface area contributed by atoms with Crippen molar-refractivity contribution in [3.63, 3.8) is 0 Å². The van der Waals surface area contributed by atoms with Crippen LogP contribution >= 0.6 is 27.3 Å². The quantitative estimate of drug-likeness (QED) is 0.505. The first kappa shape index (κ1) is 14.9. The lowest BCUT2D eigenvalue weighted by Crippen LogP contribution is -1.90. The van der Waals surface area contributed by atoms with E-state index in [2.05, 4.69) is 31.4 Å². The number of rotatable bonds is 4. The van der Waals surface area contributed by atoms with Gasteiger partial charge in [0.15, 0.2) is 0 Å². The Hall–Kier alpha value is -2.05. The Morgan fingerprint density at radius 1 is 1.09 bits per heavy atom. The maximum atomic E-state index is 12.8. The molecule has 1 heterocycles. The fourth-order valence-corrected chi connectivity index (χ4v) is 2.72. The van der Waals surface area contributed by atoms with Crippen molar-refractivity contribution in [2.45, 2.75) is 0 Å². The number of nitrogens with zero attached hydrogens (tertiary/aromatic N) is 2. The highest BCUT2D eigenvalue weighted by Crippen LogP contribution is 2.25. The zero-order valence-electron chi connectivity index (χ0n) is 11.3. The van der Waals surface area contributed by atoms with Gasteiger partial charge < -0.3 is 0 Å². The van der Waals surface area contributed by atoms with Crippen molar-refractivity contribution in [3.8, 4) is 11.3 Å². The summed E-state index contributed by atoms with van der Waals surface area (Å²) in [5, 5.41) is 6.78. The summed E-state index contributed by atoms with van der Waals surface area (Å²) < 4.78 is 13.8. The van der Waals surface area contributed by atoms with E-state index >= 15 is 0 Å². The maximum Gasteiger partial charge on any atom is 0.203 e. The van der Waals surface area contributed by atoms with Crippen LogP contribution < -0.4 is 5.43 Å². The van der Waals surface area contributed by atoms with Gasteiger partial charge in [0.25, 0.3) is 0 Å². The van der Waals surface area contributed by atoms with Gasteiger partial charge in [0.2, 0.25) is 5.13 Å². The van der Waals surface area contributed by atoms with Crippen molar-refractivity contribution in [1.29, 1.82) is 0 Å². The molecule has 0 saturated carbocycles. The lowest BCUT2D eigenvalue weighted by Gasteiger charge is -1.97. The summed E-state index contributed by atoms with van der Waals surface area (Å²) in [6.07, 6.45) is 1.63. The number of hydrazone groups is 1. The predicted molar refractivity (Wildman–Crippen MR) is 92.9 cm³/mol. The van der Waals surface area contributed by atoms with E-state index in [9.17, 15) is 4.39 Å². The minimum atomic E-state index is -0.260. The fourth-order valence-electron chi connectivity index (χ4n) is 1.79. The normalized spacial score (nSPS) is 11.0. The molecule has 1 aromatic heterocycles. The average molecular weight is 376 g/mol. The Balaban J connectivity index is 1.66. The van der Waals surface area contributed by atoms with Crippen LogP contribution in [0.5, 0.6) is 0 Å². The van der Waals surface area contributed by atoms with E-state index in [-0.39, 0.29) is 5.82 Å². The largest absolute Gasteiger partial charge is 0.253 e. The third-order valence-electron chi connectivity index (χ3n) is 2.89. The Bertz CT molecular complexity index is 782. The summed E-state index contributed by atoms with van der Waals surface area (Å²) in [4.78, 5) is 4.47. The number of anilines is 1. The molecule has 0 atom stereocenters. The smallest absolute Gasteiger partial charge is 0.203 e. The van der Waals surface area contributed by atoms with Crippen molar-refractivity contribution in [2.75, 3.05) is 5.43 Å². The van der Waals surface area contributed by atoms with Crippen LogP contribution in [0.15, 0.2) is 63.5 Å². The fraction of sp³-hybridized carbons (Fsp3) is 0. The molecular weight excluding hydrogens is 365 g/mol. The second-order valence-electron chi connectivity index (χ2n) is 4.47. The lowest BCUT2D eigenvalue weighted by atomic mass is 10.2. The second kappa shape index (κ2) is 6.81. The molecule has 0 amide bonds. The predicted octanol–water partition coefficient (Wildman–Crippen LogP) is 5.16. The Morgan fingerprint density at radius 2 is 1.82 bits per heavy atom. The van der Waals surface area contributed by atoms with E-state index in [1.807, 2.05) is 29.6 Å². The topological polar surface area (TPSA) is 37.3 Å². The summed E-state index contributed by atoms with van der Waals surface area (Å²) in [5.74, 6) is -0.260. The van der Waals surface area contributed by atoms with Gasteiger partial charge in [-0.1, -0.05) is 40.2 Å². The Labute approximate surface area is 139 Å². The van der Waals surface area contributed by atoms with E-state index in [4.69, 9.17) is 0 Å². The summed E-state index contributed by atoms with van der Waals surface area (Å²) in [6.45, 7) is 0. The molecular formula is C16H11BrFN3S. The van der Waals surface area contributed by atoms with Gasteiger partial charge in [-0.05, 0) is 29.8 Å². The maximum absolute atomic E-state index is 12.8. The van der Waals surface area contributed by atoms with Gasteiger partial charge in [-0.3, -0.25) is 5.43 Å². The number of hydrogen-bond donors (Lipinski definition) is 1. The Morgan fingerprint density at radius 3 is 2.55 bits per heavy atom. The monoisotopic (exact) mass is 375 g/mol. The SMILES string of the molecule is Fc1ccc(/C=N\Nc2nc(-c3ccc(Br)cc3)cs2)cc1. The molecule has 3 nitrogen and oxygen atoms in total. The number of aromatic nitrogens is 1. The lowest BCUT2D eigenvalue weighted by molar-refractivity contribution is 0.628. The van der Waals surface area contributed by atoms with Gasteiger partial charge in [-0.25, -0.2) is 9.37 Å². The standard InChI is InChI=1S/C16H11BrFN3S/c17-13-5-3-12(4-6-13)15-10-22-16(20-15)21-19-9-11-1-7-14(18)8-2-11/h1-10H,(H,20,21)/b19-9-. The van der Waals surface area contributed by atoms with E-state index < -0.39 is 0 Å². The molecule has 3 aromatic rings. The molecule has 0 fully saturated rings. The van der Waals surface area contributed by atoms with Gasteiger partial charge in [0.1, 0.15) is 5.82 Å². The molecule has 0 unspecified atom stereocenters. The highest BCUT2D eigenvalue weighted by atomic mass is 79.9. The van der Waals surface area contributed by atoms with Crippen LogP contribution in [0.2, 0.25) is 0 Å². The minimum absolute atomic E-state index is 0.260. The van der Waals surface area contributed by atoms with Gasteiger partial charge in [-0.2, -0.15) is 5.10 Å². The average Bonchev–Trinajstić information content (AvgIpc) is 2.99. The summed E-state index contributed by atoms with van der Waals surface area (Å²) in [7, 11) is 0. The number of thiazole rings is 1. The van der Waals surface area contributed by atoms with Gasteiger partial charge in [0.05, 0.1) is 11.9 Å². The van der Waals surface area contributed by atoms with Crippen LogP contribution in [-0.4, -0.2) is 11.2 Å². The van der Waals surface area contributed by atoms with Crippen LogP contribution in [0.25, 0.3) is 11.3 Å². The first-order chi connectivity index (χ1) is 10.7. The highest BCUT2D eigenvalue weighted by Gasteiger charge is 2.03. The molecule has 2 aromatic carbocycles. The number of halogens is 2. The molecule has 6 heteroatoms. The molecule has 110 valence electrons. The van der Waals surface area contributed by atoms with Gasteiger partial charge >= 0.3 is 0 Å². The molecule has 0 aliphatic carbocycles. The summed E-state index contributed by atoms with van der Waals surface area (Å²) in [6, 6.07) is 14.1. The molecule has 3 rings (SSSR count).